The van der Waals surface area contributed by atoms with Crippen molar-refractivity contribution in [3.8, 4) is 12.5 Å². The van der Waals surface area contributed by atoms with Crippen molar-refractivity contribution in [3.63, 3.8) is 0 Å². The van der Waals surface area contributed by atoms with Crippen LogP contribution in [0.25, 0.3) is 0 Å². The van der Waals surface area contributed by atoms with E-state index in [9.17, 15) is 4.79 Å². The number of terminal acetylenes is 1. The Labute approximate surface area is 47.4 Å². The summed E-state index contributed by atoms with van der Waals surface area (Å²) >= 11 is 0. The molecule has 4 nitrogen and oxygen atoms in total. The van der Waals surface area contributed by atoms with Crippen LogP contribution in [0.1, 0.15) is 0 Å². The second kappa shape index (κ2) is 3.96. The largest absolute Gasteiger partial charge is 0.322 e. The van der Waals surface area contributed by atoms with E-state index in [1.807, 2.05) is 6.04 Å². The fourth-order valence-electron chi connectivity index (χ4n) is 0.157. The Balaban J connectivity index is 3.15. The molecule has 1 amide bonds. The predicted molar refractivity (Wildman–Crippen MR) is 29.2 cm³/mol. The number of hydrazine groups is 1. The molecule has 0 saturated carbocycles. The zero-order chi connectivity index (χ0) is 6.41. The first-order valence-electron chi connectivity index (χ1n) is 2.00. The Bertz CT molecular complexity index is 115. The van der Waals surface area contributed by atoms with Crippen molar-refractivity contribution >= 4 is 5.91 Å². The Hall–Kier alpha value is -1.21. The summed E-state index contributed by atoms with van der Waals surface area (Å²) < 4.78 is 0. The van der Waals surface area contributed by atoms with Gasteiger partial charge in [0.25, 0.3) is 5.91 Å². The van der Waals surface area contributed by atoms with E-state index in [0.717, 1.165) is 0 Å². The quantitative estimate of drug-likeness (QED) is 0.224. The SMILES string of the molecule is C#CNNC(=O)CN. The van der Waals surface area contributed by atoms with Crippen LogP contribution in [-0.4, -0.2) is 12.5 Å². The number of nitrogens with two attached hydrogens (primary N) is 1. The first-order valence-corrected chi connectivity index (χ1v) is 2.00. The van der Waals surface area contributed by atoms with Gasteiger partial charge in [0.1, 0.15) is 0 Å². The van der Waals surface area contributed by atoms with Gasteiger partial charge < -0.3 is 5.73 Å². The lowest BCUT2D eigenvalue weighted by Crippen LogP contribution is -2.38. The summed E-state index contributed by atoms with van der Waals surface area (Å²) in [5.41, 5.74) is 9.17. The molecule has 44 valence electrons. The third-order valence-electron chi connectivity index (χ3n) is 0.459. The molecule has 4 heteroatoms. The molecule has 4 N–H and O–H groups in total. The lowest BCUT2D eigenvalue weighted by Gasteiger charge is -1.96. The highest BCUT2D eigenvalue weighted by Crippen LogP contribution is 1.49. The van der Waals surface area contributed by atoms with Crippen LogP contribution < -0.4 is 16.6 Å². The van der Waals surface area contributed by atoms with E-state index in [1.54, 1.807) is 0 Å². The van der Waals surface area contributed by atoms with E-state index in [4.69, 9.17) is 12.2 Å². The molecule has 0 aromatic rings. The molecule has 0 rings (SSSR count). The van der Waals surface area contributed by atoms with Crippen LogP contribution >= 0.6 is 0 Å². The molecule has 0 heterocycles. The van der Waals surface area contributed by atoms with Crippen molar-refractivity contribution in [3.05, 3.63) is 0 Å². The number of carbonyl (C=O) groups excluding carboxylic acids is 1. The van der Waals surface area contributed by atoms with Gasteiger partial charge >= 0.3 is 0 Å². The van der Waals surface area contributed by atoms with Crippen molar-refractivity contribution in [2.45, 2.75) is 0 Å². The maximum Gasteiger partial charge on any atom is 0.252 e. The van der Waals surface area contributed by atoms with E-state index < -0.39 is 0 Å². The summed E-state index contributed by atoms with van der Waals surface area (Å²) in [6, 6.07) is 2.00. The molecule has 0 spiro atoms. The van der Waals surface area contributed by atoms with E-state index in [0.29, 0.717) is 0 Å². The number of rotatable bonds is 2. The highest BCUT2D eigenvalue weighted by atomic mass is 16.2. The van der Waals surface area contributed by atoms with Gasteiger partial charge in [0.2, 0.25) is 0 Å². The van der Waals surface area contributed by atoms with Gasteiger partial charge in [0.15, 0.2) is 0 Å². The summed E-state index contributed by atoms with van der Waals surface area (Å²) in [5.74, 6) is -0.331. The monoisotopic (exact) mass is 113 g/mol. The second-order valence-corrected chi connectivity index (χ2v) is 1.02. The van der Waals surface area contributed by atoms with Crippen LogP contribution in [0.15, 0.2) is 0 Å². The fraction of sp³-hybridized carbons (Fsp3) is 0.250. The summed E-state index contributed by atoms with van der Waals surface area (Å²) in [4.78, 5) is 10.2. The fourth-order valence-corrected chi connectivity index (χ4v) is 0.157. The molecule has 0 aromatic heterocycles. The molecule has 0 fully saturated rings. The van der Waals surface area contributed by atoms with Crippen LogP contribution in [0.3, 0.4) is 0 Å². The molecule has 0 aromatic carbocycles. The van der Waals surface area contributed by atoms with Crippen molar-refractivity contribution in [2.24, 2.45) is 5.73 Å². The normalized spacial score (nSPS) is 7.00. The smallest absolute Gasteiger partial charge is 0.252 e. The van der Waals surface area contributed by atoms with Gasteiger partial charge in [-0.15, -0.1) is 0 Å². The highest BCUT2D eigenvalue weighted by molar-refractivity contribution is 5.77. The summed E-state index contributed by atoms with van der Waals surface area (Å²) in [6.45, 7) is -0.0608. The summed E-state index contributed by atoms with van der Waals surface area (Å²) in [6.07, 6.45) is 4.71. The molecule has 0 aliphatic heterocycles. The molecule has 0 saturated heterocycles. The molecule has 0 radical (unpaired) electrons. The summed E-state index contributed by atoms with van der Waals surface area (Å²) in [7, 11) is 0. The maximum absolute atomic E-state index is 10.2. The lowest BCUT2D eigenvalue weighted by atomic mass is 10.6. The van der Waals surface area contributed by atoms with E-state index in [-0.39, 0.29) is 12.5 Å². The average molecular weight is 113 g/mol. The van der Waals surface area contributed by atoms with Crippen molar-refractivity contribution in [2.75, 3.05) is 6.54 Å². The van der Waals surface area contributed by atoms with Crippen LogP contribution in [-0.2, 0) is 4.79 Å². The molecule has 0 aliphatic rings. The number of amides is 1. The number of carbonyl (C=O) groups is 1. The van der Waals surface area contributed by atoms with Gasteiger partial charge in [-0.05, 0) is 0 Å². The van der Waals surface area contributed by atoms with Crippen LogP contribution in [0.4, 0.5) is 0 Å². The van der Waals surface area contributed by atoms with Gasteiger partial charge in [-0.2, -0.15) is 0 Å². The van der Waals surface area contributed by atoms with Gasteiger partial charge in [0.05, 0.1) is 6.54 Å². The lowest BCUT2D eigenvalue weighted by molar-refractivity contribution is -0.120. The van der Waals surface area contributed by atoms with E-state index >= 15 is 0 Å². The molecule has 0 aliphatic carbocycles. The molecule has 8 heavy (non-hydrogen) atoms. The predicted octanol–water partition coefficient (Wildman–Crippen LogP) is -1.84. The third kappa shape index (κ3) is 3.00. The van der Waals surface area contributed by atoms with Crippen molar-refractivity contribution in [1.82, 2.24) is 10.9 Å². The zero-order valence-corrected chi connectivity index (χ0v) is 4.27. The number of hydrogen-bond acceptors (Lipinski definition) is 3. The molecule has 0 atom stereocenters. The summed E-state index contributed by atoms with van der Waals surface area (Å²) in [5, 5.41) is 0. The minimum Gasteiger partial charge on any atom is -0.322 e. The molecular weight excluding hydrogens is 106 g/mol. The zero-order valence-electron chi connectivity index (χ0n) is 4.27. The Morgan fingerprint density at radius 1 is 1.88 bits per heavy atom. The van der Waals surface area contributed by atoms with Gasteiger partial charge in [-0.1, -0.05) is 6.42 Å². The Kier molecular flexibility index (Phi) is 3.36. The van der Waals surface area contributed by atoms with Crippen LogP contribution in [0.5, 0.6) is 0 Å². The van der Waals surface area contributed by atoms with Crippen molar-refractivity contribution in [1.29, 1.82) is 0 Å². The number of nitrogens with one attached hydrogen (secondary N) is 2. The molecule has 0 unspecified atom stereocenters. The average Bonchev–Trinajstić information content (AvgIpc) is 1.83. The first kappa shape index (κ1) is 6.79. The minimum absolute atomic E-state index is 0.0608. The third-order valence-corrected chi connectivity index (χ3v) is 0.459. The van der Waals surface area contributed by atoms with Crippen LogP contribution in [0, 0.1) is 12.5 Å². The minimum atomic E-state index is -0.331. The van der Waals surface area contributed by atoms with Crippen LogP contribution in [0.2, 0.25) is 0 Å². The molecular formula is C4H7N3O. The maximum atomic E-state index is 10.2. The van der Waals surface area contributed by atoms with Gasteiger partial charge in [0, 0.05) is 6.04 Å². The first-order chi connectivity index (χ1) is 3.81. The highest BCUT2D eigenvalue weighted by Gasteiger charge is 1.89. The number of hydrogen-bond donors (Lipinski definition) is 3. The van der Waals surface area contributed by atoms with E-state index in [2.05, 4.69) is 10.9 Å². The molecule has 0 bridgehead atoms. The Morgan fingerprint density at radius 3 is 2.88 bits per heavy atom. The van der Waals surface area contributed by atoms with Gasteiger partial charge in [-0.25, -0.2) is 0 Å². The van der Waals surface area contributed by atoms with Crippen molar-refractivity contribution < 1.29 is 4.79 Å². The van der Waals surface area contributed by atoms with Gasteiger partial charge in [-0.3, -0.25) is 15.6 Å². The van der Waals surface area contributed by atoms with E-state index in [1.165, 1.54) is 0 Å². The topological polar surface area (TPSA) is 67.1 Å². The second-order valence-electron chi connectivity index (χ2n) is 1.02. The Morgan fingerprint density at radius 2 is 2.50 bits per heavy atom. The standard InChI is InChI=1S/C4H7N3O/c1-2-6-7-4(8)3-5/h1,6H,3,5H2,(H,7,8).